The first-order chi connectivity index (χ1) is 8.70. The van der Waals surface area contributed by atoms with Crippen molar-refractivity contribution in [3.05, 3.63) is 34.4 Å². The third-order valence-corrected chi connectivity index (χ3v) is 3.59. The van der Waals surface area contributed by atoms with Crippen LogP contribution in [-0.2, 0) is 0 Å². The van der Waals surface area contributed by atoms with E-state index in [1.165, 1.54) is 5.57 Å². The van der Waals surface area contributed by atoms with Gasteiger partial charge >= 0.3 is 0 Å². The van der Waals surface area contributed by atoms with Crippen molar-refractivity contribution in [3.8, 4) is 0 Å². The molecule has 0 radical (unpaired) electrons. The Morgan fingerprint density at radius 2 is 2.17 bits per heavy atom. The minimum Gasteiger partial charge on any atom is -0.218 e. The lowest BCUT2D eigenvalue weighted by Crippen LogP contribution is -2.26. The first-order valence-corrected chi connectivity index (χ1v) is 6.55. The molecule has 1 aromatic rings. The average Bonchev–Trinajstić information content (AvgIpc) is 2.39. The highest BCUT2D eigenvalue weighted by atomic mass is 35.5. The molecule has 0 amide bonds. The molecule has 0 aromatic heterocycles. The highest BCUT2D eigenvalue weighted by Crippen LogP contribution is 2.40. The number of hydrogen-bond donors (Lipinski definition) is 0. The molecule has 5 heteroatoms. The second kappa shape index (κ2) is 4.41. The van der Waals surface area contributed by atoms with Crippen LogP contribution in [0, 0.1) is 0 Å². The van der Waals surface area contributed by atoms with Gasteiger partial charge in [-0.1, -0.05) is 18.5 Å². The number of nitrogens with zero attached hydrogens (tertiary/aromatic N) is 3. The first kappa shape index (κ1) is 11.8. The summed E-state index contributed by atoms with van der Waals surface area (Å²) in [7, 11) is 0. The molecule has 0 bridgehead atoms. The minimum absolute atomic E-state index is 0.377. The molecule has 2 heterocycles. The summed E-state index contributed by atoms with van der Waals surface area (Å²) in [5.41, 5.74) is 4.17. The molecule has 2 aliphatic heterocycles. The van der Waals surface area contributed by atoms with E-state index < -0.39 is 0 Å². The Kier molecular flexibility index (Phi) is 2.88. The molecule has 0 saturated heterocycles. The van der Waals surface area contributed by atoms with Gasteiger partial charge in [-0.2, -0.15) is 5.10 Å². The van der Waals surface area contributed by atoms with Crippen LogP contribution < -0.4 is 0 Å². The Bertz CT molecular complexity index is 602. The van der Waals surface area contributed by atoms with Gasteiger partial charge in [-0.05, 0) is 41.8 Å². The molecule has 3 rings (SSSR count). The lowest BCUT2D eigenvalue weighted by Gasteiger charge is -2.30. The molecule has 0 spiro atoms. The normalized spacial score (nSPS) is 17.5. The average molecular weight is 280 g/mol. The van der Waals surface area contributed by atoms with Gasteiger partial charge in [0.05, 0.1) is 11.4 Å². The van der Waals surface area contributed by atoms with Crippen molar-refractivity contribution in [2.45, 2.75) is 19.8 Å². The van der Waals surface area contributed by atoms with E-state index in [1.54, 1.807) is 5.01 Å². The van der Waals surface area contributed by atoms with E-state index in [4.69, 9.17) is 23.2 Å². The van der Waals surface area contributed by atoms with Crippen molar-refractivity contribution in [1.82, 2.24) is 5.01 Å². The SMILES string of the molecule is CCC1=C2c3cc(Cl)ccc3N=C(Cl)N2N=CC1. The maximum absolute atomic E-state index is 6.18. The standard InChI is InChI=1S/C13H11Cl2N3/c1-2-8-5-6-16-18-12(8)10-7-9(14)3-4-11(10)17-13(18)15/h3-4,6-7H,2,5H2,1H3. The summed E-state index contributed by atoms with van der Waals surface area (Å²) >= 11 is 12.2. The molecule has 1 aromatic carbocycles. The maximum atomic E-state index is 6.18. The fourth-order valence-corrected chi connectivity index (χ4v) is 2.63. The van der Waals surface area contributed by atoms with E-state index in [1.807, 2.05) is 24.4 Å². The highest BCUT2D eigenvalue weighted by molar-refractivity contribution is 6.65. The van der Waals surface area contributed by atoms with E-state index in [-0.39, 0.29) is 0 Å². The van der Waals surface area contributed by atoms with Gasteiger partial charge in [-0.15, -0.1) is 0 Å². The van der Waals surface area contributed by atoms with Gasteiger partial charge in [0.1, 0.15) is 0 Å². The summed E-state index contributed by atoms with van der Waals surface area (Å²) in [6.45, 7) is 2.13. The summed E-state index contributed by atoms with van der Waals surface area (Å²) in [4.78, 5) is 4.34. The van der Waals surface area contributed by atoms with E-state index >= 15 is 0 Å². The predicted molar refractivity (Wildman–Crippen MR) is 76.6 cm³/mol. The molecule has 2 aliphatic rings. The third-order valence-electron chi connectivity index (χ3n) is 3.11. The van der Waals surface area contributed by atoms with Gasteiger partial charge in [0.25, 0.3) is 0 Å². The second-order valence-electron chi connectivity index (χ2n) is 4.16. The number of benzene rings is 1. The summed E-state index contributed by atoms with van der Waals surface area (Å²) in [6.07, 6.45) is 3.65. The van der Waals surface area contributed by atoms with Gasteiger partial charge in [-0.25, -0.2) is 10.0 Å². The highest BCUT2D eigenvalue weighted by Gasteiger charge is 2.28. The number of hydrazone groups is 1. The largest absolute Gasteiger partial charge is 0.224 e. The van der Waals surface area contributed by atoms with E-state index in [0.29, 0.717) is 10.3 Å². The monoisotopic (exact) mass is 279 g/mol. The molecule has 0 N–H and O–H groups in total. The summed E-state index contributed by atoms with van der Waals surface area (Å²) in [5, 5.41) is 7.06. The topological polar surface area (TPSA) is 28.0 Å². The number of fused-ring (bicyclic) bond motifs is 3. The van der Waals surface area contributed by atoms with Crippen LogP contribution in [0.3, 0.4) is 0 Å². The number of rotatable bonds is 1. The Hall–Kier alpha value is -1.32. The Labute approximate surface area is 115 Å². The number of allylic oxidation sites excluding steroid dienone is 1. The Morgan fingerprint density at radius 3 is 2.94 bits per heavy atom. The van der Waals surface area contributed by atoms with Crippen LogP contribution in [0.2, 0.25) is 5.02 Å². The third kappa shape index (κ3) is 1.74. The smallest absolute Gasteiger partial charge is 0.218 e. The Morgan fingerprint density at radius 1 is 1.33 bits per heavy atom. The first-order valence-electron chi connectivity index (χ1n) is 5.79. The molecular weight excluding hydrogens is 269 g/mol. The number of hydrogen-bond acceptors (Lipinski definition) is 3. The number of aliphatic imine (C=N–C) groups is 1. The molecule has 0 atom stereocenters. The summed E-state index contributed by atoms with van der Waals surface area (Å²) in [5.74, 6) is 0. The summed E-state index contributed by atoms with van der Waals surface area (Å²) in [6, 6.07) is 5.63. The summed E-state index contributed by atoms with van der Waals surface area (Å²) < 4.78 is 0. The minimum atomic E-state index is 0.377. The number of amidine groups is 1. The van der Waals surface area contributed by atoms with Crippen molar-refractivity contribution in [1.29, 1.82) is 0 Å². The van der Waals surface area contributed by atoms with E-state index in [0.717, 1.165) is 29.8 Å². The van der Waals surface area contributed by atoms with Crippen molar-refractivity contribution in [2.24, 2.45) is 10.1 Å². The van der Waals surface area contributed by atoms with Gasteiger partial charge < -0.3 is 0 Å². The van der Waals surface area contributed by atoms with Gasteiger partial charge in [-0.3, -0.25) is 0 Å². The predicted octanol–water partition coefficient (Wildman–Crippen LogP) is 4.39. The molecule has 0 fully saturated rings. The molecule has 0 unspecified atom stereocenters. The lowest BCUT2D eigenvalue weighted by molar-refractivity contribution is 0.617. The molecule has 3 nitrogen and oxygen atoms in total. The van der Waals surface area contributed by atoms with Crippen LogP contribution in [0.5, 0.6) is 0 Å². The van der Waals surface area contributed by atoms with Crippen molar-refractivity contribution >= 4 is 46.1 Å². The lowest BCUT2D eigenvalue weighted by atomic mass is 9.98. The second-order valence-corrected chi connectivity index (χ2v) is 4.94. The van der Waals surface area contributed by atoms with E-state index in [2.05, 4.69) is 17.0 Å². The van der Waals surface area contributed by atoms with Crippen LogP contribution >= 0.6 is 23.2 Å². The fourth-order valence-electron chi connectivity index (χ4n) is 2.24. The van der Waals surface area contributed by atoms with Crippen molar-refractivity contribution in [2.75, 3.05) is 0 Å². The maximum Gasteiger partial charge on any atom is 0.224 e. The molecule has 18 heavy (non-hydrogen) atoms. The zero-order valence-electron chi connectivity index (χ0n) is 9.82. The van der Waals surface area contributed by atoms with Crippen molar-refractivity contribution in [3.63, 3.8) is 0 Å². The quantitative estimate of drug-likeness (QED) is 0.701. The van der Waals surface area contributed by atoms with Gasteiger partial charge in [0.15, 0.2) is 0 Å². The zero-order valence-corrected chi connectivity index (χ0v) is 11.3. The van der Waals surface area contributed by atoms with Crippen LogP contribution in [0.25, 0.3) is 5.70 Å². The van der Waals surface area contributed by atoms with Crippen LogP contribution in [0.1, 0.15) is 25.3 Å². The Balaban J connectivity index is 2.28. The van der Waals surface area contributed by atoms with Crippen LogP contribution in [0.4, 0.5) is 5.69 Å². The zero-order chi connectivity index (χ0) is 12.7. The number of halogens is 2. The fraction of sp³-hybridized carbons (Fsp3) is 0.231. The molecular formula is C13H11Cl2N3. The van der Waals surface area contributed by atoms with Crippen molar-refractivity contribution < 1.29 is 0 Å². The van der Waals surface area contributed by atoms with Gasteiger partial charge in [0, 0.05) is 23.2 Å². The van der Waals surface area contributed by atoms with Gasteiger partial charge in [0.2, 0.25) is 5.29 Å². The molecule has 0 aliphatic carbocycles. The van der Waals surface area contributed by atoms with E-state index in [9.17, 15) is 0 Å². The molecule has 92 valence electrons. The van der Waals surface area contributed by atoms with Crippen LogP contribution in [0.15, 0.2) is 33.9 Å². The molecule has 0 saturated carbocycles. The van der Waals surface area contributed by atoms with Crippen LogP contribution in [-0.4, -0.2) is 16.5 Å².